The number of hydrogen-bond acceptors (Lipinski definition) is 5. The van der Waals surface area contributed by atoms with Gasteiger partial charge in [0.25, 0.3) is 5.89 Å². The molecule has 0 saturated heterocycles. The van der Waals surface area contributed by atoms with Crippen LogP contribution >= 0.6 is 34.8 Å². The number of carbonyl (C=O) groups excluding carboxylic acids is 1. The molecule has 0 bridgehead atoms. The van der Waals surface area contributed by atoms with Crippen molar-refractivity contribution in [3.63, 3.8) is 0 Å². The normalized spacial score (nSPS) is 15.6. The lowest BCUT2D eigenvalue weighted by molar-refractivity contribution is -0.115. The van der Waals surface area contributed by atoms with E-state index < -0.39 is 21.7 Å². The second-order valence-electron chi connectivity index (χ2n) is 9.21. The molecule has 2 unspecified atom stereocenters. The van der Waals surface area contributed by atoms with E-state index in [1.807, 2.05) is 12.1 Å². The first-order valence-electron chi connectivity index (χ1n) is 11.7. The number of hydrogen-bond donors (Lipinski definition) is 2. The Hall–Kier alpha value is -2.75. The van der Waals surface area contributed by atoms with Crippen LogP contribution in [0.2, 0.25) is 15.1 Å². The number of amides is 1. The predicted molar refractivity (Wildman–Crippen MR) is 149 cm³/mol. The number of aromatic nitrogens is 2. The standard InChI is InChI=1S/C27H22Cl3N3O4S/c1-15(38(35)36)17-4-2-16(3-5-17)12-23(34)31-20-13-21(29)24(22(30)14-20)27(10-11-27)26-32-25(37-33-26)18-6-8-19(28)9-7-18/h2-9,13-15H,10-12H2,1H3,(H,31,34)(H,35,36). The number of carbonyl (C=O) groups is 1. The molecule has 11 heteroatoms. The van der Waals surface area contributed by atoms with Crippen molar-refractivity contribution in [2.45, 2.75) is 36.9 Å². The largest absolute Gasteiger partial charge is 0.334 e. The Morgan fingerprint density at radius 1 is 1.08 bits per heavy atom. The van der Waals surface area contributed by atoms with Crippen LogP contribution in [0.5, 0.6) is 0 Å². The van der Waals surface area contributed by atoms with Crippen molar-refractivity contribution in [1.29, 1.82) is 0 Å². The third-order valence-corrected chi connectivity index (χ3v) is 8.34. The van der Waals surface area contributed by atoms with Crippen LogP contribution in [0.4, 0.5) is 5.69 Å². The Balaban J connectivity index is 1.31. The SMILES string of the molecule is CC(c1ccc(CC(=O)Nc2cc(Cl)c(C3(c4noc(-c5ccc(Cl)cc5)n4)CC3)c(Cl)c2)cc1)S(=O)O. The fourth-order valence-corrected chi connectivity index (χ4v) is 5.72. The first kappa shape index (κ1) is 26.8. The van der Waals surface area contributed by atoms with E-state index >= 15 is 0 Å². The number of halogens is 3. The number of nitrogens with zero attached hydrogens (tertiary/aromatic N) is 2. The zero-order valence-electron chi connectivity index (χ0n) is 20.1. The molecule has 4 aromatic rings. The highest BCUT2D eigenvalue weighted by Crippen LogP contribution is 2.57. The molecule has 1 aliphatic rings. The summed E-state index contributed by atoms with van der Waals surface area (Å²) in [5.74, 6) is 0.639. The smallest absolute Gasteiger partial charge is 0.257 e. The minimum Gasteiger partial charge on any atom is -0.334 e. The number of benzene rings is 3. The maximum atomic E-state index is 12.7. The highest BCUT2D eigenvalue weighted by atomic mass is 35.5. The maximum absolute atomic E-state index is 12.7. The second kappa shape index (κ2) is 10.8. The van der Waals surface area contributed by atoms with Gasteiger partial charge in [0, 0.05) is 31.9 Å². The van der Waals surface area contributed by atoms with Gasteiger partial charge in [-0.1, -0.05) is 64.2 Å². The summed E-state index contributed by atoms with van der Waals surface area (Å²) >= 11 is 17.4. The zero-order chi connectivity index (χ0) is 27.0. The predicted octanol–water partition coefficient (Wildman–Crippen LogP) is 7.24. The van der Waals surface area contributed by atoms with Crippen molar-refractivity contribution < 1.29 is 18.1 Å². The van der Waals surface area contributed by atoms with E-state index in [4.69, 9.17) is 39.3 Å². The molecule has 1 heterocycles. The van der Waals surface area contributed by atoms with Gasteiger partial charge in [-0.25, -0.2) is 4.21 Å². The first-order valence-corrected chi connectivity index (χ1v) is 14.0. The molecule has 0 aliphatic heterocycles. The van der Waals surface area contributed by atoms with E-state index in [1.54, 1.807) is 55.5 Å². The van der Waals surface area contributed by atoms with E-state index in [1.165, 1.54) is 0 Å². The van der Waals surface area contributed by atoms with Crippen molar-refractivity contribution in [2.24, 2.45) is 0 Å². The minimum absolute atomic E-state index is 0.119. The molecule has 5 rings (SSSR count). The maximum Gasteiger partial charge on any atom is 0.257 e. The number of rotatable bonds is 8. The third-order valence-electron chi connectivity index (χ3n) is 6.62. The van der Waals surface area contributed by atoms with Crippen LogP contribution in [-0.2, 0) is 27.7 Å². The van der Waals surface area contributed by atoms with Gasteiger partial charge < -0.3 is 14.4 Å². The Morgan fingerprint density at radius 2 is 1.71 bits per heavy atom. The van der Waals surface area contributed by atoms with Crippen LogP contribution in [-0.4, -0.2) is 24.8 Å². The van der Waals surface area contributed by atoms with Gasteiger partial charge in [-0.05, 0) is 67.3 Å². The Kier molecular flexibility index (Phi) is 7.62. The van der Waals surface area contributed by atoms with Crippen molar-refractivity contribution in [3.8, 4) is 11.5 Å². The molecule has 38 heavy (non-hydrogen) atoms. The Morgan fingerprint density at radius 3 is 2.29 bits per heavy atom. The van der Waals surface area contributed by atoms with Crippen molar-refractivity contribution >= 4 is 57.5 Å². The summed E-state index contributed by atoms with van der Waals surface area (Å²) in [5.41, 5.74) is 2.86. The van der Waals surface area contributed by atoms with Gasteiger partial charge in [0.05, 0.1) is 17.1 Å². The lowest BCUT2D eigenvalue weighted by atomic mass is 9.94. The molecule has 2 atom stereocenters. The molecule has 0 spiro atoms. The van der Waals surface area contributed by atoms with Gasteiger partial charge in [0.15, 0.2) is 16.9 Å². The van der Waals surface area contributed by atoms with E-state index in [0.29, 0.717) is 38.0 Å². The third kappa shape index (κ3) is 5.51. The molecule has 1 saturated carbocycles. The van der Waals surface area contributed by atoms with E-state index in [0.717, 1.165) is 29.5 Å². The quantitative estimate of drug-likeness (QED) is 0.210. The summed E-state index contributed by atoms with van der Waals surface area (Å²) in [5, 5.41) is 7.96. The molecule has 1 aromatic heterocycles. The van der Waals surface area contributed by atoms with Gasteiger partial charge in [-0.2, -0.15) is 4.98 Å². The van der Waals surface area contributed by atoms with Crippen LogP contribution in [0, 0.1) is 0 Å². The minimum atomic E-state index is -1.96. The van der Waals surface area contributed by atoms with E-state index in [-0.39, 0.29) is 12.3 Å². The molecule has 196 valence electrons. The first-order chi connectivity index (χ1) is 18.2. The monoisotopic (exact) mass is 589 g/mol. The van der Waals surface area contributed by atoms with Gasteiger partial charge in [-0.15, -0.1) is 0 Å². The Bertz CT molecular complexity index is 1500. The summed E-state index contributed by atoms with van der Waals surface area (Å²) in [4.78, 5) is 17.3. The molecule has 1 aliphatic carbocycles. The fraction of sp³-hybridized carbons (Fsp3) is 0.222. The average Bonchev–Trinajstić information content (AvgIpc) is 3.50. The second-order valence-corrected chi connectivity index (χ2v) is 11.7. The molecular formula is C27H22Cl3N3O4S. The van der Waals surface area contributed by atoms with Gasteiger partial charge in [0.2, 0.25) is 5.91 Å². The fourth-order valence-electron chi connectivity index (χ4n) is 4.35. The molecular weight excluding hydrogens is 569 g/mol. The highest BCUT2D eigenvalue weighted by molar-refractivity contribution is 7.79. The van der Waals surface area contributed by atoms with E-state index in [2.05, 4.69) is 15.5 Å². The lowest BCUT2D eigenvalue weighted by Crippen LogP contribution is -2.16. The summed E-state index contributed by atoms with van der Waals surface area (Å²) in [6, 6.07) is 17.5. The van der Waals surface area contributed by atoms with Crippen LogP contribution in [0.3, 0.4) is 0 Å². The van der Waals surface area contributed by atoms with Crippen LogP contribution in [0.1, 0.15) is 47.5 Å². The summed E-state index contributed by atoms with van der Waals surface area (Å²) in [7, 11) is 0. The van der Waals surface area contributed by atoms with Crippen LogP contribution in [0.25, 0.3) is 11.5 Å². The zero-order valence-corrected chi connectivity index (χ0v) is 23.2. The van der Waals surface area contributed by atoms with Gasteiger partial charge in [-0.3, -0.25) is 4.79 Å². The van der Waals surface area contributed by atoms with Gasteiger partial charge in [0.1, 0.15) is 0 Å². The topological polar surface area (TPSA) is 105 Å². The van der Waals surface area contributed by atoms with Crippen molar-refractivity contribution in [1.82, 2.24) is 10.1 Å². The van der Waals surface area contributed by atoms with Crippen molar-refractivity contribution in [2.75, 3.05) is 5.32 Å². The van der Waals surface area contributed by atoms with Crippen LogP contribution in [0.15, 0.2) is 65.2 Å². The Labute approximate surface area is 236 Å². The van der Waals surface area contributed by atoms with Crippen LogP contribution < -0.4 is 5.32 Å². The number of nitrogens with one attached hydrogen (secondary N) is 1. The van der Waals surface area contributed by atoms with Gasteiger partial charge >= 0.3 is 0 Å². The molecule has 3 aromatic carbocycles. The molecule has 0 radical (unpaired) electrons. The molecule has 7 nitrogen and oxygen atoms in total. The summed E-state index contributed by atoms with van der Waals surface area (Å²) in [6.45, 7) is 1.66. The molecule has 2 N–H and O–H groups in total. The lowest BCUT2D eigenvalue weighted by Gasteiger charge is -2.17. The molecule has 1 amide bonds. The highest BCUT2D eigenvalue weighted by Gasteiger charge is 2.52. The summed E-state index contributed by atoms with van der Waals surface area (Å²) in [6.07, 6.45) is 1.64. The number of anilines is 1. The summed E-state index contributed by atoms with van der Waals surface area (Å²) < 4.78 is 26.0. The molecule has 1 fully saturated rings. The van der Waals surface area contributed by atoms with E-state index in [9.17, 15) is 13.6 Å². The van der Waals surface area contributed by atoms with Crippen molar-refractivity contribution in [3.05, 3.63) is 98.2 Å². The average molecular weight is 591 g/mol.